The van der Waals surface area contributed by atoms with Crippen molar-refractivity contribution in [3.05, 3.63) is 58.9 Å². The number of nitrogens with zero attached hydrogens (tertiary/aromatic N) is 2. The number of alkyl halides is 3. The predicted molar refractivity (Wildman–Crippen MR) is 63.2 cm³/mol. The van der Waals surface area contributed by atoms with Crippen molar-refractivity contribution in [2.45, 2.75) is 12.6 Å². The zero-order valence-corrected chi connectivity index (χ0v) is 10.4. The first kappa shape index (κ1) is 14.9. The molecule has 1 aromatic carbocycles. The van der Waals surface area contributed by atoms with Gasteiger partial charge in [-0.15, -0.1) is 0 Å². The Morgan fingerprint density at radius 3 is 2.57 bits per heavy atom. The van der Waals surface area contributed by atoms with Gasteiger partial charge in [-0.3, -0.25) is 0 Å². The van der Waals surface area contributed by atoms with Crippen LogP contribution in [0.4, 0.5) is 17.6 Å². The van der Waals surface area contributed by atoms with E-state index in [0.717, 1.165) is 6.07 Å². The van der Waals surface area contributed by atoms with Crippen LogP contribution in [0.3, 0.4) is 0 Å². The third-order valence-corrected chi connectivity index (χ3v) is 2.59. The normalized spacial score (nSPS) is 11.4. The van der Waals surface area contributed by atoms with Gasteiger partial charge in [-0.05, 0) is 17.7 Å². The van der Waals surface area contributed by atoms with E-state index in [9.17, 15) is 22.4 Å². The van der Waals surface area contributed by atoms with Gasteiger partial charge in [0.25, 0.3) is 0 Å². The molecule has 0 saturated heterocycles. The van der Waals surface area contributed by atoms with Crippen molar-refractivity contribution in [1.29, 1.82) is 0 Å². The molecule has 1 aromatic heterocycles. The van der Waals surface area contributed by atoms with E-state index < -0.39 is 29.2 Å². The van der Waals surface area contributed by atoms with Crippen LogP contribution < -0.4 is 0 Å². The Kier molecular flexibility index (Phi) is 3.88. The summed E-state index contributed by atoms with van der Waals surface area (Å²) >= 11 is 0. The van der Waals surface area contributed by atoms with Gasteiger partial charge in [-0.25, -0.2) is 19.2 Å². The number of carboxylic acids is 1. The highest BCUT2D eigenvalue weighted by Gasteiger charge is 2.38. The molecule has 0 bridgehead atoms. The van der Waals surface area contributed by atoms with E-state index in [0.29, 0.717) is 11.8 Å². The van der Waals surface area contributed by atoms with Crippen molar-refractivity contribution in [2.24, 2.45) is 0 Å². The summed E-state index contributed by atoms with van der Waals surface area (Å²) in [5, 5.41) is 8.72. The van der Waals surface area contributed by atoms with Gasteiger partial charge < -0.3 is 5.11 Å². The second-order valence-corrected chi connectivity index (χ2v) is 4.16. The summed E-state index contributed by atoms with van der Waals surface area (Å²) in [5.41, 5.74) is -2.16. The highest BCUT2D eigenvalue weighted by molar-refractivity contribution is 5.88. The van der Waals surface area contributed by atoms with Crippen LogP contribution in [0.2, 0.25) is 0 Å². The van der Waals surface area contributed by atoms with Crippen molar-refractivity contribution < 1.29 is 27.5 Å². The number of rotatable bonds is 3. The summed E-state index contributed by atoms with van der Waals surface area (Å²) in [5.74, 6) is -2.54. The van der Waals surface area contributed by atoms with Crippen LogP contribution in [-0.4, -0.2) is 21.0 Å². The maximum atomic E-state index is 13.0. The molecule has 1 heterocycles. The fourth-order valence-corrected chi connectivity index (χ4v) is 1.71. The molecule has 0 saturated carbocycles. The van der Waals surface area contributed by atoms with Crippen LogP contribution >= 0.6 is 0 Å². The fourth-order valence-electron chi connectivity index (χ4n) is 1.71. The lowest BCUT2D eigenvalue weighted by molar-refractivity contribution is -0.141. The van der Waals surface area contributed by atoms with E-state index >= 15 is 0 Å². The van der Waals surface area contributed by atoms with Gasteiger partial charge in [0.15, 0.2) is 5.69 Å². The number of hydrogen-bond donors (Lipinski definition) is 1. The van der Waals surface area contributed by atoms with Crippen LogP contribution in [0.1, 0.15) is 27.4 Å². The maximum absolute atomic E-state index is 13.0. The number of hydrogen-bond acceptors (Lipinski definition) is 3. The second kappa shape index (κ2) is 5.47. The molecule has 0 spiro atoms. The number of carboxylic acid groups (broad SMARTS) is 1. The largest absolute Gasteiger partial charge is 0.478 e. The Morgan fingerprint density at radius 1 is 1.29 bits per heavy atom. The van der Waals surface area contributed by atoms with E-state index in [4.69, 9.17) is 5.11 Å². The molecule has 2 aromatic rings. The SMILES string of the molecule is O=C(O)c1cnc(Cc2cccc(F)c2)nc1C(F)(F)F. The number of aromatic carboxylic acids is 1. The maximum Gasteiger partial charge on any atom is 0.434 e. The molecule has 0 aliphatic carbocycles. The van der Waals surface area contributed by atoms with Crippen LogP contribution in [0, 0.1) is 5.82 Å². The summed E-state index contributed by atoms with van der Waals surface area (Å²) in [7, 11) is 0. The Balaban J connectivity index is 2.40. The Morgan fingerprint density at radius 2 is 2.00 bits per heavy atom. The second-order valence-electron chi connectivity index (χ2n) is 4.16. The van der Waals surface area contributed by atoms with Crippen molar-refractivity contribution in [2.75, 3.05) is 0 Å². The minimum Gasteiger partial charge on any atom is -0.478 e. The van der Waals surface area contributed by atoms with Gasteiger partial charge in [0.1, 0.15) is 17.2 Å². The van der Waals surface area contributed by atoms with Crippen molar-refractivity contribution >= 4 is 5.97 Å². The van der Waals surface area contributed by atoms with Gasteiger partial charge in [0.05, 0.1) is 0 Å². The molecule has 0 unspecified atom stereocenters. The molecule has 4 nitrogen and oxygen atoms in total. The molecular weight excluding hydrogens is 292 g/mol. The topological polar surface area (TPSA) is 63.1 Å². The lowest BCUT2D eigenvalue weighted by Gasteiger charge is -2.10. The first-order chi connectivity index (χ1) is 9.77. The standard InChI is InChI=1S/C13H8F4N2O2/c14-8-3-1-2-7(4-8)5-10-18-6-9(12(20)21)11(19-10)13(15,16)17/h1-4,6H,5H2,(H,20,21). The van der Waals surface area contributed by atoms with Crippen molar-refractivity contribution in [1.82, 2.24) is 9.97 Å². The number of aromatic nitrogens is 2. The van der Waals surface area contributed by atoms with E-state index in [2.05, 4.69) is 9.97 Å². The van der Waals surface area contributed by atoms with Gasteiger partial charge >= 0.3 is 12.1 Å². The average molecular weight is 300 g/mol. The third-order valence-electron chi connectivity index (χ3n) is 2.59. The molecule has 110 valence electrons. The highest BCUT2D eigenvalue weighted by Crippen LogP contribution is 2.30. The monoisotopic (exact) mass is 300 g/mol. The highest BCUT2D eigenvalue weighted by atomic mass is 19.4. The summed E-state index contributed by atoms with van der Waals surface area (Å²) in [4.78, 5) is 17.6. The Hall–Kier alpha value is -2.51. The predicted octanol–water partition coefficient (Wildman–Crippen LogP) is 2.92. The van der Waals surface area contributed by atoms with Crippen LogP contribution in [0.15, 0.2) is 30.5 Å². The Labute approximate surface area is 116 Å². The summed E-state index contributed by atoms with van der Waals surface area (Å²) in [6, 6.07) is 5.24. The van der Waals surface area contributed by atoms with E-state index in [1.165, 1.54) is 18.2 Å². The summed E-state index contributed by atoms with van der Waals surface area (Å²) in [6.07, 6.45) is -4.44. The van der Waals surface area contributed by atoms with Crippen LogP contribution in [0.25, 0.3) is 0 Å². The smallest absolute Gasteiger partial charge is 0.434 e. The van der Waals surface area contributed by atoms with Crippen LogP contribution in [0.5, 0.6) is 0 Å². The quantitative estimate of drug-likeness (QED) is 0.885. The summed E-state index contributed by atoms with van der Waals surface area (Å²) in [6.45, 7) is 0. The average Bonchev–Trinajstić information content (AvgIpc) is 2.37. The Bertz CT molecular complexity index is 686. The molecule has 1 N–H and O–H groups in total. The van der Waals surface area contributed by atoms with Gasteiger partial charge in [0, 0.05) is 12.6 Å². The van der Waals surface area contributed by atoms with Crippen molar-refractivity contribution in [3.8, 4) is 0 Å². The van der Waals surface area contributed by atoms with E-state index in [1.807, 2.05) is 0 Å². The first-order valence-electron chi connectivity index (χ1n) is 5.68. The summed E-state index contributed by atoms with van der Waals surface area (Å²) < 4.78 is 51.3. The van der Waals surface area contributed by atoms with E-state index in [-0.39, 0.29) is 12.2 Å². The molecular formula is C13H8F4N2O2. The minimum atomic E-state index is -4.91. The molecule has 0 radical (unpaired) electrons. The van der Waals surface area contributed by atoms with Gasteiger partial charge in [0.2, 0.25) is 0 Å². The molecule has 0 aliphatic rings. The molecule has 0 atom stereocenters. The lowest BCUT2D eigenvalue weighted by atomic mass is 10.1. The molecule has 8 heteroatoms. The van der Waals surface area contributed by atoms with Crippen LogP contribution in [-0.2, 0) is 12.6 Å². The molecule has 2 rings (SSSR count). The zero-order chi connectivity index (χ0) is 15.6. The minimum absolute atomic E-state index is 0.138. The number of carbonyl (C=O) groups is 1. The van der Waals surface area contributed by atoms with Crippen molar-refractivity contribution in [3.63, 3.8) is 0 Å². The molecule has 0 fully saturated rings. The molecule has 0 aliphatic heterocycles. The molecule has 21 heavy (non-hydrogen) atoms. The molecule has 0 amide bonds. The van der Waals surface area contributed by atoms with Gasteiger partial charge in [-0.2, -0.15) is 13.2 Å². The van der Waals surface area contributed by atoms with E-state index in [1.54, 1.807) is 0 Å². The lowest BCUT2D eigenvalue weighted by Crippen LogP contribution is -2.17. The third kappa shape index (κ3) is 3.53. The number of benzene rings is 1. The zero-order valence-electron chi connectivity index (χ0n) is 10.4. The van der Waals surface area contributed by atoms with Gasteiger partial charge in [-0.1, -0.05) is 12.1 Å². The number of halogens is 4. The fraction of sp³-hybridized carbons (Fsp3) is 0.154. The first-order valence-corrected chi connectivity index (χ1v) is 5.68.